The van der Waals surface area contributed by atoms with E-state index < -0.39 is 11.9 Å². The normalized spacial score (nSPS) is 10.4. The van der Waals surface area contributed by atoms with Crippen LogP contribution in [0.4, 0.5) is 0 Å². The van der Waals surface area contributed by atoms with Gasteiger partial charge in [-0.15, -0.1) is 0 Å². The molecular weight excluding hydrogens is 300 g/mol. The van der Waals surface area contributed by atoms with Crippen molar-refractivity contribution in [1.82, 2.24) is 0 Å². The highest BCUT2D eigenvalue weighted by Gasteiger charge is 2.10. The van der Waals surface area contributed by atoms with E-state index in [1.807, 2.05) is 0 Å². The van der Waals surface area contributed by atoms with Crippen molar-refractivity contribution < 1.29 is 29.0 Å². The zero-order chi connectivity index (χ0) is 18.3. The summed E-state index contributed by atoms with van der Waals surface area (Å²) in [4.78, 5) is 30.3. The number of carbonyl (C=O) groups is 3. The summed E-state index contributed by atoms with van der Waals surface area (Å²) < 4.78 is 8.98. The summed E-state index contributed by atoms with van der Waals surface area (Å²) >= 11 is 0. The average Bonchev–Trinajstić information content (AvgIpc) is 2.47. The number of carboxylic acid groups (broad SMARTS) is 1. The van der Waals surface area contributed by atoms with Gasteiger partial charge in [-0.3, -0.25) is 0 Å². The zero-order valence-electron chi connectivity index (χ0n) is 14.5. The highest BCUT2D eigenvalue weighted by atomic mass is 16.6. The lowest BCUT2D eigenvalue weighted by Crippen LogP contribution is -2.15. The molecule has 1 N–H and O–H groups in total. The maximum Gasteiger partial charge on any atom is 0.417 e. The van der Waals surface area contributed by atoms with E-state index >= 15 is 0 Å². The summed E-state index contributed by atoms with van der Waals surface area (Å²) in [5.74, 6) is -2.48. The molecule has 0 aromatic carbocycles. The number of rotatable bonds is 8. The van der Waals surface area contributed by atoms with Crippen LogP contribution in [0.15, 0.2) is 24.3 Å². The first-order valence-electron chi connectivity index (χ1n) is 7.57. The zero-order valence-corrected chi connectivity index (χ0v) is 14.5. The second-order valence-electron chi connectivity index (χ2n) is 5.15. The quantitative estimate of drug-likeness (QED) is 0.319. The SMILES string of the molecule is C=CC(=O)OCCC(C)CCC=C(C)C.CCOC(=O)C(=O)O. The number of carboxylic acids is 1. The van der Waals surface area contributed by atoms with Crippen molar-refractivity contribution in [1.29, 1.82) is 0 Å². The molecule has 0 bridgehead atoms. The van der Waals surface area contributed by atoms with E-state index in [4.69, 9.17) is 9.84 Å². The van der Waals surface area contributed by atoms with Gasteiger partial charge in [-0.05, 0) is 46.0 Å². The Balaban J connectivity index is 0. The molecule has 1 unspecified atom stereocenters. The van der Waals surface area contributed by atoms with Crippen LogP contribution in [0, 0.1) is 5.92 Å². The lowest BCUT2D eigenvalue weighted by Gasteiger charge is -2.09. The Kier molecular flexibility index (Phi) is 14.9. The van der Waals surface area contributed by atoms with E-state index in [9.17, 15) is 14.4 Å². The van der Waals surface area contributed by atoms with Gasteiger partial charge in [0.05, 0.1) is 13.2 Å². The molecule has 0 saturated heterocycles. The van der Waals surface area contributed by atoms with E-state index in [0.29, 0.717) is 12.5 Å². The Morgan fingerprint density at radius 2 is 1.78 bits per heavy atom. The Morgan fingerprint density at radius 3 is 2.17 bits per heavy atom. The van der Waals surface area contributed by atoms with Crippen molar-refractivity contribution in [3.05, 3.63) is 24.3 Å². The third-order valence-corrected chi connectivity index (χ3v) is 2.68. The van der Waals surface area contributed by atoms with Crippen LogP contribution in [0.2, 0.25) is 0 Å². The maximum atomic E-state index is 10.7. The average molecular weight is 328 g/mol. The summed E-state index contributed by atoms with van der Waals surface area (Å²) in [6, 6.07) is 0. The fourth-order valence-electron chi connectivity index (χ4n) is 1.41. The van der Waals surface area contributed by atoms with Crippen molar-refractivity contribution in [2.45, 2.75) is 47.0 Å². The van der Waals surface area contributed by atoms with Gasteiger partial charge in [0.15, 0.2) is 0 Å². The van der Waals surface area contributed by atoms with Crippen LogP contribution < -0.4 is 0 Å². The fourth-order valence-corrected chi connectivity index (χ4v) is 1.41. The first kappa shape index (κ1) is 23.2. The number of carbonyl (C=O) groups excluding carboxylic acids is 2. The molecule has 0 fully saturated rings. The van der Waals surface area contributed by atoms with Crippen molar-refractivity contribution in [2.75, 3.05) is 13.2 Å². The van der Waals surface area contributed by atoms with Crippen LogP contribution >= 0.6 is 0 Å². The van der Waals surface area contributed by atoms with Crippen molar-refractivity contribution in [3.8, 4) is 0 Å². The molecule has 0 aromatic rings. The smallest absolute Gasteiger partial charge is 0.417 e. The van der Waals surface area contributed by atoms with Gasteiger partial charge >= 0.3 is 17.9 Å². The van der Waals surface area contributed by atoms with Gasteiger partial charge in [-0.2, -0.15) is 0 Å². The van der Waals surface area contributed by atoms with Crippen LogP contribution in [0.25, 0.3) is 0 Å². The van der Waals surface area contributed by atoms with E-state index in [0.717, 1.165) is 19.3 Å². The third-order valence-electron chi connectivity index (χ3n) is 2.68. The summed E-state index contributed by atoms with van der Waals surface area (Å²) in [6.07, 6.45) is 6.63. The number of aliphatic carboxylic acids is 1. The molecule has 6 heteroatoms. The second kappa shape index (κ2) is 14.8. The molecular formula is C17H28O6. The van der Waals surface area contributed by atoms with E-state index in [2.05, 4.69) is 38.2 Å². The summed E-state index contributed by atoms with van der Waals surface area (Å²) in [7, 11) is 0. The summed E-state index contributed by atoms with van der Waals surface area (Å²) in [5.41, 5.74) is 1.36. The van der Waals surface area contributed by atoms with Crippen molar-refractivity contribution in [2.24, 2.45) is 5.92 Å². The number of allylic oxidation sites excluding steroid dienone is 2. The standard InChI is InChI=1S/C13H22O2.C4H6O4/c1-5-13(14)15-10-9-12(4)8-6-7-11(2)3;1-2-8-4(7)3(5)6/h5,7,12H,1,6,8-10H2,2-4H3;2H2,1H3,(H,5,6). The predicted molar refractivity (Wildman–Crippen MR) is 87.9 cm³/mol. The van der Waals surface area contributed by atoms with Crippen LogP contribution in [0.1, 0.15) is 47.0 Å². The molecule has 132 valence electrons. The van der Waals surface area contributed by atoms with Crippen LogP contribution in [0.3, 0.4) is 0 Å². The topological polar surface area (TPSA) is 89.9 Å². The van der Waals surface area contributed by atoms with Gasteiger partial charge in [-0.1, -0.05) is 25.2 Å². The Hall–Kier alpha value is -2.11. The minimum atomic E-state index is -1.55. The second-order valence-corrected chi connectivity index (χ2v) is 5.15. The van der Waals surface area contributed by atoms with Crippen molar-refractivity contribution in [3.63, 3.8) is 0 Å². The minimum absolute atomic E-state index is 0.102. The van der Waals surface area contributed by atoms with E-state index in [-0.39, 0.29) is 12.6 Å². The Labute approximate surface area is 138 Å². The molecule has 0 radical (unpaired) electrons. The van der Waals surface area contributed by atoms with Gasteiger partial charge in [0.25, 0.3) is 0 Å². The highest BCUT2D eigenvalue weighted by Crippen LogP contribution is 2.11. The molecule has 23 heavy (non-hydrogen) atoms. The molecule has 0 rings (SSSR count). The Morgan fingerprint density at radius 1 is 1.17 bits per heavy atom. The van der Waals surface area contributed by atoms with Gasteiger partial charge in [0.1, 0.15) is 0 Å². The fraction of sp³-hybridized carbons (Fsp3) is 0.588. The molecule has 0 saturated carbocycles. The summed E-state index contributed by atoms with van der Waals surface area (Å²) in [5, 5.41) is 7.84. The van der Waals surface area contributed by atoms with Gasteiger partial charge in [0, 0.05) is 6.08 Å². The number of hydrogen-bond acceptors (Lipinski definition) is 5. The maximum absolute atomic E-state index is 10.7. The first-order chi connectivity index (χ1) is 10.7. The van der Waals surface area contributed by atoms with Crippen molar-refractivity contribution >= 4 is 17.9 Å². The Bertz CT molecular complexity index is 407. The van der Waals surface area contributed by atoms with Crippen LogP contribution in [0.5, 0.6) is 0 Å². The van der Waals surface area contributed by atoms with E-state index in [1.54, 1.807) is 6.92 Å². The molecule has 0 amide bonds. The third kappa shape index (κ3) is 17.8. The monoisotopic (exact) mass is 328 g/mol. The molecule has 1 atom stereocenters. The van der Waals surface area contributed by atoms with Crippen LogP contribution in [-0.2, 0) is 23.9 Å². The largest absolute Gasteiger partial charge is 0.473 e. The van der Waals surface area contributed by atoms with Crippen LogP contribution in [-0.4, -0.2) is 36.2 Å². The van der Waals surface area contributed by atoms with Gasteiger partial charge in [-0.25, -0.2) is 14.4 Å². The minimum Gasteiger partial charge on any atom is -0.473 e. The summed E-state index contributed by atoms with van der Waals surface area (Å²) in [6.45, 7) is 11.9. The molecule has 0 aromatic heterocycles. The molecule has 0 aliphatic heterocycles. The number of esters is 2. The lowest BCUT2D eigenvalue weighted by molar-refractivity contribution is -0.163. The van der Waals surface area contributed by atoms with Gasteiger partial charge < -0.3 is 14.6 Å². The number of hydrogen-bond donors (Lipinski definition) is 1. The molecule has 0 aliphatic rings. The lowest BCUT2D eigenvalue weighted by atomic mass is 10.0. The van der Waals surface area contributed by atoms with Gasteiger partial charge in [0.2, 0.25) is 0 Å². The molecule has 0 aliphatic carbocycles. The highest BCUT2D eigenvalue weighted by molar-refractivity contribution is 6.28. The van der Waals surface area contributed by atoms with E-state index in [1.165, 1.54) is 11.6 Å². The number of ether oxygens (including phenoxy) is 2. The molecule has 0 heterocycles. The first-order valence-corrected chi connectivity index (χ1v) is 7.57. The predicted octanol–water partition coefficient (Wildman–Crippen LogP) is 3.12. The molecule has 0 spiro atoms. The molecule has 6 nitrogen and oxygen atoms in total.